The van der Waals surface area contributed by atoms with E-state index in [4.69, 9.17) is 19.4 Å². The molecule has 0 aliphatic carbocycles. The van der Waals surface area contributed by atoms with E-state index in [9.17, 15) is 0 Å². The summed E-state index contributed by atoms with van der Waals surface area (Å²) in [5.74, 6) is 6.10. The Kier molecular flexibility index (Phi) is 16.3. The SMILES string of the molecule is CC(C)CCC[C@@H](C)CCC[C@@H](C)CCOc1cc2nc3c4ccccc4c4ccccc4c3nc2cc1OCC[C@H](C)CCC[C@H](C)CCCC(C)C. The molecular weight excluding hydrogens is 661 g/mol. The standard InChI is InChI=1S/C50H72N2O2/c1-35(2)17-13-19-37(5)21-15-23-39(7)29-31-53-47-33-45-46(34-48(47)54-32-30-40(8)24-16-22-38(6)20-14-18-36(3)4)52-50-44-28-12-10-26-42(44)41-25-9-11-27-43(41)49(50)51-45/h9-12,25-28,33-40H,13-24,29-32H2,1-8H3/t37-,38-,39-,40-/m1/s1. The first-order chi connectivity index (χ1) is 26.1. The van der Waals surface area contributed by atoms with Crippen molar-refractivity contribution in [1.29, 1.82) is 0 Å². The van der Waals surface area contributed by atoms with Crippen molar-refractivity contribution in [2.45, 2.75) is 145 Å². The third-order valence-electron chi connectivity index (χ3n) is 11.9. The van der Waals surface area contributed by atoms with Crippen LogP contribution < -0.4 is 9.47 Å². The van der Waals surface area contributed by atoms with Crippen molar-refractivity contribution in [3.8, 4) is 11.5 Å². The second-order valence-corrected chi connectivity index (χ2v) is 18.0. The maximum Gasteiger partial charge on any atom is 0.163 e. The van der Waals surface area contributed by atoms with Crippen LogP contribution in [0.5, 0.6) is 11.5 Å². The van der Waals surface area contributed by atoms with Crippen LogP contribution in [0.2, 0.25) is 0 Å². The molecule has 0 amide bonds. The summed E-state index contributed by atoms with van der Waals surface area (Å²) < 4.78 is 13.2. The largest absolute Gasteiger partial charge is 0.490 e. The number of ether oxygens (including phenoxy) is 2. The van der Waals surface area contributed by atoms with E-state index in [0.29, 0.717) is 25.0 Å². The van der Waals surface area contributed by atoms with Crippen LogP contribution in [0.3, 0.4) is 0 Å². The number of aromatic nitrogens is 2. The molecule has 5 aromatic rings. The summed E-state index contributed by atoms with van der Waals surface area (Å²) in [7, 11) is 0. The average molecular weight is 733 g/mol. The Morgan fingerprint density at radius 3 is 1.07 bits per heavy atom. The summed E-state index contributed by atoms with van der Waals surface area (Å²) in [4.78, 5) is 10.5. The molecule has 0 unspecified atom stereocenters. The zero-order valence-corrected chi connectivity index (χ0v) is 35.3. The van der Waals surface area contributed by atoms with Gasteiger partial charge in [-0.05, 0) is 59.1 Å². The average Bonchev–Trinajstić information content (AvgIpc) is 3.14. The minimum absolute atomic E-state index is 0.625. The predicted octanol–water partition coefficient (Wildman–Crippen LogP) is 15.2. The number of hydrogen-bond donors (Lipinski definition) is 0. The van der Waals surface area contributed by atoms with Crippen LogP contribution in [0.25, 0.3) is 43.6 Å². The van der Waals surface area contributed by atoms with E-state index in [0.717, 1.165) is 80.9 Å². The van der Waals surface area contributed by atoms with Gasteiger partial charge in [0.1, 0.15) is 0 Å². The molecule has 54 heavy (non-hydrogen) atoms. The van der Waals surface area contributed by atoms with Crippen molar-refractivity contribution < 1.29 is 9.47 Å². The van der Waals surface area contributed by atoms with E-state index in [1.807, 2.05) is 0 Å². The Hall–Kier alpha value is -3.40. The van der Waals surface area contributed by atoms with Crippen LogP contribution in [0.15, 0.2) is 60.7 Å². The van der Waals surface area contributed by atoms with Crippen LogP contribution in [0, 0.1) is 35.5 Å². The molecule has 0 saturated carbocycles. The van der Waals surface area contributed by atoms with Crippen molar-refractivity contribution >= 4 is 43.6 Å². The molecule has 4 nitrogen and oxygen atoms in total. The van der Waals surface area contributed by atoms with Gasteiger partial charge in [0, 0.05) is 22.9 Å². The van der Waals surface area contributed by atoms with Gasteiger partial charge in [0.25, 0.3) is 0 Å². The molecule has 4 heteroatoms. The van der Waals surface area contributed by atoms with Crippen molar-refractivity contribution in [1.82, 2.24) is 9.97 Å². The maximum atomic E-state index is 6.59. The molecule has 1 aromatic heterocycles. The maximum absolute atomic E-state index is 6.59. The molecule has 4 atom stereocenters. The van der Waals surface area contributed by atoms with Gasteiger partial charge in [-0.3, -0.25) is 0 Å². The van der Waals surface area contributed by atoms with E-state index in [1.54, 1.807) is 0 Å². The summed E-state index contributed by atoms with van der Waals surface area (Å²) in [5.41, 5.74) is 3.57. The minimum atomic E-state index is 0.625. The number of fused-ring (bicyclic) bond motifs is 7. The molecule has 4 aromatic carbocycles. The van der Waals surface area contributed by atoms with Crippen molar-refractivity contribution in [2.75, 3.05) is 13.2 Å². The van der Waals surface area contributed by atoms with Gasteiger partial charge in [-0.25, -0.2) is 9.97 Å². The van der Waals surface area contributed by atoms with Gasteiger partial charge in [0.05, 0.1) is 35.3 Å². The third kappa shape index (κ3) is 12.3. The highest BCUT2D eigenvalue weighted by Gasteiger charge is 2.17. The number of hydrogen-bond acceptors (Lipinski definition) is 4. The minimum Gasteiger partial charge on any atom is -0.490 e. The summed E-state index contributed by atoms with van der Waals surface area (Å²) >= 11 is 0. The quantitative estimate of drug-likeness (QED) is 0.0468. The Morgan fingerprint density at radius 2 is 0.722 bits per heavy atom. The zero-order valence-electron chi connectivity index (χ0n) is 35.3. The monoisotopic (exact) mass is 733 g/mol. The molecule has 0 fully saturated rings. The normalized spacial score (nSPS) is 14.4. The molecule has 0 spiro atoms. The molecule has 1 heterocycles. The highest BCUT2D eigenvalue weighted by Crippen LogP contribution is 2.37. The first kappa shape index (κ1) is 41.8. The van der Waals surface area contributed by atoms with Gasteiger partial charge in [0.2, 0.25) is 0 Å². The summed E-state index contributed by atoms with van der Waals surface area (Å²) in [6, 6.07) is 21.3. The molecule has 0 aliphatic heterocycles. The first-order valence-corrected chi connectivity index (χ1v) is 21.9. The van der Waals surface area contributed by atoms with Crippen LogP contribution in [-0.4, -0.2) is 23.2 Å². The van der Waals surface area contributed by atoms with Gasteiger partial charge in [-0.15, -0.1) is 0 Å². The highest BCUT2D eigenvalue weighted by atomic mass is 16.5. The van der Waals surface area contributed by atoms with Crippen molar-refractivity contribution in [2.24, 2.45) is 35.5 Å². The lowest BCUT2D eigenvalue weighted by Crippen LogP contribution is -2.08. The highest BCUT2D eigenvalue weighted by molar-refractivity contribution is 6.23. The lowest BCUT2D eigenvalue weighted by molar-refractivity contribution is 0.237. The molecule has 5 rings (SSSR count). The van der Waals surface area contributed by atoms with Crippen LogP contribution >= 0.6 is 0 Å². The smallest absolute Gasteiger partial charge is 0.163 e. The van der Waals surface area contributed by atoms with Gasteiger partial charge in [-0.1, -0.05) is 181 Å². The van der Waals surface area contributed by atoms with Gasteiger partial charge >= 0.3 is 0 Å². The Morgan fingerprint density at radius 1 is 0.407 bits per heavy atom. The zero-order chi connectivity index (χ0) is 38.5. The van der Waals surface area contributed by atoms with E-state index in [2.05, 4.69) is 116 Å². The van der Waals surface area contributed by atoms with Gasteiger partial charge in [-0.2, -0.15) is 0 Å². The number of nitrogens with zero attached hydrogens (tertiary/aromatic N) is 2. The molecule has 294 valence electrons. The molecule has 0 aliphatic rings. The topological polar surface area (TPSA) is 44.2 Å². The Bertz CT molecular complexity index is 1740. The van der Waals surface area contributed by atoms with Crippen molar-refractivity contribution in [3.63, 3.8) is 0 Å². The molecule has 0 saturated heterocycles. The lowest BCUT2D eigenvalue weighted by Gasteiger charge is -2.18. The van der Waals surface area contributed by atoms with E-state index < -0.39 is 0 Å². The fourth-order valence-corrected chi connectivity index (χ4v) is 8.21. The lowest BCUT2D eigenvalue weighted by atomic mass is 9.93. The van der Waals surface area contributed by atoms with Gasteiger partial charge in [0.15, 0.2) is 11.5 Å². The first-order valence-electron chi connectivity index (χ1n) is 21.9. The van der Waals surface area contributed by atoms with Crippen LogP contribution in [0.4, 0.5) is 0 Å². The molecule has 0 N–H and O–H groups in total. The van der Waals surface area contributed by atoms with E-state index >= 15 is 0 Å². The second kappa shape index (κ2) is 21.1. The third-order valence-corrected chi connectivity index (χ3v) is 11.9. The Labute approximate surface area is 328 Å². The fraction of sp³-hybridized carbons (Fsp3) is 0.600. The van der Waals surface area contributed by atoms with Crippen molar-refractivity contribution in [3.05, 3.63) is 60.7 Å². The number of rotatable bonds is 24. The Balaban J connectivity index is 1.27. The fourth-order valence-electron chi connectivity index (χ4n) is 8.21. The second-order valence-electron chi connectivity index (χ2n) is 18.0. The van der Waals surface area contributed by atoms with E-state index in [1.165, 1.54) is 87.8 Å². The number of benzene rings is 4. The molecule has 0 radical (unpaired) electrons. The van der Waals surface area contributed by atoms with Gasteiger partial charge < -0.3 is 9.47 Å². The van der Waals surface area contributed by atoms with Crippen LogP contribution in [0.1, 0.15) is 145 Å². The molecular formula is C50H72N2O2. The molecule has 0 bridgehead atoms. The summed E-state index contributed by atoms with van der Waals surface area (Å²) in [6.07, 6.45) is 18.0. The van der Waals surface area contributed by atoms with Crippen LogP contribution in [-0.2, 0) is 0 Å². The van der Waals surface area contributed by atoms with E-state index in [-0.39, 0.29) is 0 Å². The summed E-state index contributed by atoms with van der Waals surface area (Å²) in [6.45, 7) is 20.3. The predicted molar refractivity (Wildman–Crippen MR) is 234 cm³/mol. The summed E-state index contributed by atoms with van der Waals surface area (Å²) in [5, 5.41) is 4.68.